The zero-order valence-corrected chi connectivity index (χ0v) is 21.7. The minimum atomic E-state index is -0.668. The van der Waals surface area contributed by atoms with E-state index < -0.39 is 6.04 Å². The third-order valence-corrected chi connectivity index (χ3v) is 6.73. The molecule has 4 aromatic heterocycles. The van der Waals surface area contributed by atoms with Crippen LogP contribution in [0.25, 0.3) is 22.2 Å². The van der Waals surface area contributed by atoms with Crippen LogP contribution in [0.1, 0.15) is 50.8 Å². The molecule has 0 bridgehead atoms. The third-order valence-electron chi connectivity index (χ3n) is 6.73. The van der Waals surface area contributed by atoms with Gasteiger partial charge in [0.25, 0.3) is 11.5 Å². The number of H-pyrrole nitrogens is 1. The lowest BCUT2D eigenvalue weighted by atomic mass is 10.0. The Balaban J connectivity index is 1.46. The maximum atomic E-state index is 14.1. The lowest BCUT2D eigenvalue weighted by molar-refractivity contribution is 0.0937. The second-order valence-electron chi connectivity index (χ2n) is 9.39. The molecule has 0 aliphatic rings. The number of fused-ring (bicyclic) bond motifs is 2. The van der Waals surface area contributed by atoms with Crippen molar-refractivity contribution in [3.05, 3.63) is 118 Å². The van der Waals surface area contributed by atoms with E-state index in [0.29, 0.717) is 50.4 Å². The molecule has 0 radical (unpaired) electrons. The summed E-state index contributed by atoms with van der Waals surface area (Å²) in [6, 6.07) is 15.4. The second-order valence-corrected chi connectivity index (χ2v) is 9.39. The molecule has 0 aliphatic heterocycles. The molecule has 2 aromatic carbocycles. The molecule has 11 nitrogen and oxygen atoms in total. The van der Waals surface area contributed by atoms with Crippen LogP contribution in [0.2, 0.25) is 0 Å². The van der Waals surface area contributed by atoms with Crippen molar-refractivity contribution >= 4 is 28.2 Å². The minimum absolute atomic E-state index is 0.00915. The van der Waals surface area contributed by atoms with Crippen molar-refractivity contribution in [3.63, 3.8) is 0 Å². The normalized spacial score (nSPS) is 12.1. The van der Waals surface area contributed by atoms with Crippen LogP contribution in [0, 0.1) is 6.92 Å². The molecule has 40 heavy (non-hydrogen) atoms. The summed E-state index contributed by atoms with van der Waals surface area (Å²) in [7, 11) is 0. The Kier molecular flexibility index (Phi) is 6.23. The highest BCUT2D eigenvalue weighted by Crippen LogP contribution is 2.22. The Hall–Kier alpha value is -5.45. The number of nitrogens with zero attached hydrogens (tertiary/aromatic N) is 6. The van der Waals surface area contributed by atoms with Gasteiger partial charge < -0.3 is 5.32 Å². The van der Waals surface area contributed by atoms with Crippen LogP contribution < -0.4 is 10.9 Å². The third kappa shape index (κ3) is 4.33. The van der Waals surface area contributed by atoms with Crippen molar-refractivity contribution in [3.8, 4) is 5.69 Å². The summed E-state index contributed by atoms with van der Waals surface area (Å²) in [6.07, 6.45) is 6.32. The zero-order valence-electron chi connectivity index (χ0n) is 21.7. The fourth-order valence-electron chi connectivity index (χ4n) is 4.85. The quantitative estimate of drug-likeness (QED) is 0.300. The van der Waals surface area contributed by atoms with Crippen LogP contribution in [0.5, 0.6) is 0 Å². The molecule has 1 amide bonds. The van der Waals surface area contributed by atoms with Gasteiger partial charge in [-0.25, -0.2) is 14.5 Å². The summed E-state index contributed by atoms with van der Waals surface area (Å²) >= 11 is 0. The summed E-state index contributed by atoms with van der Waals surface area (Å²) in [5.41, 5.74) is 2.98. The summed E-state index contributed by atoms with van der Waals surface area (Å²) in [4.78, 5) is 49.6. The minimum Gasteiger partial charge on any atom is -0.342 e. The first-order valence-corrected chi connectivity index (χ1v) is 12.6. The topological polar surface area (TPSA) is 140 Å². The molecule has 0 saturated carbocycles. The van der Waals surface area contributed by atoms with E-state index in [1.54, 1.807) is 67.2 Å². The number of ketones is 1. The first kappa shape index (κ1) is 24.9. The van der Waals surface area contributed by atoms with E-state index in [4.69, 9.17) is 4.98 Å². The monoisotopic (exact) mass is 532 g/mol. The van der Waals surface area contributed by atoms with Gasteiger partial charge in [0, 0.05) is 25.0 Å². The molecular formula is C29H24N8O3. The molecular weight excluding hydrogens is 508 g/mol. The molecule has 6 rings (SSSR count). The van der Waals surface area contributed by atoms with Crippen LogP contribution in [-0.4, -0.2) is 46.0 Å². The highest BCUT2D eigenvalue weighted by atomic mass is 16.2. The van der Waals surface area contributed by atoms with Gasteiger partial charge >= 0.3 is 0 Å². The predicted octanol–water partition coefficient (Wildman–Crippen LogP) is 3.38. The van der Waals surface area contributed by atoms with E-state index in [9.17, 15) is 14.4 Å². The van der Waals surface area contributed by atoms with Gasteiger partial charge in [-0.15, -0.1) is 0 Å². The number of rotatable bonds is 7. The van der Waals surface area contributed by atoms with Gasteiger partial charge in [0.2, 0.25) is 0 Å². The summed E-state index contributed by atoms with van der Waals surface area (Å²) in [5, 5.41) is 14.2. The Morgan fingerprint density at radius 2 is 1.90 bits per heavy atom. The molecule has 6 aromatic rings. The van der Waals surface area contributed by atoms with Gasteiger partial charge in [0.05, 0.1) is 40.1 Å². The van der Waals surface area contributed by atoms with Gasteiger partial charge in [-0.2, -0.15) is 10.2 Å². The lowest BCUT2D eigenvalue weighted by Gasteiger charge is -2.20. The molecule has 1 unspecified atom stereocenters. The van der Waals surface area contributed by atoms with Gasteiger partial charge in [-0.1, -0.05) is 30.3 Å². The van der Waals surface area contributed by atoms with Crippen LogP contribution >= 0.6 is 0 Å². The SMILES string of the molecule is Cc1nn2cccnc2c1C(=O)NC(C)c1nc2cccc(CC(=O)c3cn[nH]c3)c2c(=O)n1-c1ccccc1. The van der Waals surface area contributed by atoms with Crippen molar-refractivity contribution in [2.45, 2.75) is 26.3 Å². The summed E-state index contributed by atoms with van der Waals surface area (Å²) in [6.45, 7) is 3.51. The summed E-state index contributed by atoms with van der Waals surface area (Å²) < 4.78 is 3.04. The number of hydrogen-bond acceptors (Lipinski definition) is 7. The predicted molar refractivity (Wildman–Crippen MR) is 148 cm³/mol. The maximum absolute atomic E-state index is 14.1. The fourth-order valence-corrected chi connectivity index (χ4v) is 4.85. The number of aromatic nitrogens is 7. The van der Waals surface area contributed by atoms with E-state index in [1.807, 2.05) is 18.2 Å². The molecule has 1 atom stereocenters. The average Bonchev–Trinajstić information content (AvgIpc) is 3.61. The molecule has 2 N–H and O–H groups in total. The fraction of sp³-hybridized carbons (Fsp3) is 0.138. The van der Waals surface area contributed by atoms with Crippen molar-refractivity contribution < 1.29 is 9.59 Å². The highest BCUT2D eigenvalue weighted by molar-refractivity contribution is 6.01. The van der Waals surface area contributed by atoms with Crippen LogP contribution in [0.4, 0.5) is 0 Å². The van der Waals surface area contributed by atoms with Crippen molar-refractivity contribution in [2.75, 3.05) is 0 Å². The van der Waals surface area contributed by atoms with E-state index >= 15 is 0 Å². The van der Waals surface area contributed by atoms with Gasteiger partial charge in [0.1, 0.15) is 11.4 Å². The molecule has 11 heteroatoms. The Labute approximate surface area is 227 Å². The van der Waals surface area contributed by atoms with Crippen LogP contribution in [-0.2, 0) is 6.42 Å². The number of hydrogen-bond donors (Lipinski definition) is 2. The van der Waals surface area contributed by atoms with Crippen LogP contribution in [0.3, 0.4) is 0 Å². The number of benzene rings is 2. The van der Waals surface area contributed by atoms with E-state index in [-0.39, 0.29) is 23.7 Å². The van der Waals surface area contributed by atoms with Gasteiger partial charge in [-0.3, -0.25) is 24.0 Å². The molecule has 0 fully saturated rings. The Bertz CT molecular complexity index is 1940. The van der Waals surface area contributed by atoms with Gasteiger partial charge in [-0.05, 0) is 43.7 Å². The second kappa shape index (κ2) is 10.0. The van der Waals surface area contributed by atoms with E-state index in [1.165, 1.54) is 17.0 Å². The number of para-hydroxylation sites is 1. The standard InChI is InChI=1S/C29H24N8O3/c1-17-24(27-30-12-7-13-36(27)35-17)28(39)33-18(2)26-34-22-11-6-8-19(14-23(38)20-15-31-32-16-20)25(22)29(40)37(26)21-9-4-3-5-10-21/h3-13,15-16,18H,14H2,1-2H3,(H,31,32)(H,33,39). The van der Waals surface area contributed by atoms with Crippen molar-refractivity contribution in [1.82, 2.24) is 39.7 Å². The largest absolute Gasteiger partial charge is 0.342 e. The average molecular weight is 533 g/mol. The van der Waals surface area contributed by atoms with Crippen molar-refractivity contribution in [2.24, 2.45) is 0 Å². The molecule has 0 aliphatic carbocycles. The molecule has 4 heterocycles. The first-order valence-electron chi connectivity index (χ1n) is 12.6. The maximum Gasteiger partial charge on any atom is 0.266 e. The smallest absolute Gasteiger partial charge is 0.266 e. The Morgan fingerprint density at radius 1 is 1.07 bits per heavy atom. The lowest BCUT2D eigenvalue weighted by Crippen LogP contribution is -2.33. The molecule has 0 spiro atoms. The number of aryl methyl sites for hydroxylation is 1. The van der Waals surface area contributed by atoms with Crippen LogP contribution in [0.15, 0.2) is 84.2 Å². The highest BCUT2D eigenvalue weighted by Gasteiger charge is 2.25. The van der Waals surface area contributed by atoms with E-state index in [2.05, 4.69) is 25.6 Å². The van der Waals surface area contributed by atoms with E-state index in [0.717, 1.165) is 0 Å². The zero-order chi connectivity index (χ0) is 27.8. The Morgan fingerprint density at radius 3 is 2.67 bits per heavy atom. The number of Topliss-reactive ketones (excluding diaryl/α,β-unsaturated/α-hetero) is 1. The number of carbonyl (C=O) groups is 2. The summed E-state index contributed by atoms with van der Waals surface area (Å²) in [5.74, 6) is -0.210. The van der Waals surface area contributed by atoms with Crippen molar-refractivity contribution in [1.29, 1.82) is 0 Å². The first-order chi connectivity index (χ1) is 19.4. The molecule has 0 saturated heterocycles. The van der Waals surface area contributed by atoms with Gasteiger partial charge in [0.15, 0.2) is 11.4 Å². The number of nitrogens with one attached hydrogen (secondary N) is 2. The number of amides is 1. The number of carbonyl (C=O) groups excluding carboxylic acids is 2. The molecule has 198 valence electrons. The number of aromatic amines is 1.